The largest absolute Gasteiger partial charge is 0.287 e. The van der Waals surface area contributed by atoms with E-state index in [-0.39, 0.29) is 5.43 Å². The second kappa shape index (κ2) is 3.61. The Hall–Kier alpha value is -0.0300. The van der Waals surface area contributed by atoms with Crippen LogP contribution in [0, 0.1) is 0 Å². The Labute approximate surface area is 92.4 Å². The van der Waals surface area contributed by atoms with E-state index in [1.165, 1.54) is 23.1 Å². The Morgan fingerprint density at radius 3 is 3.00 bits per heavy atom. The van der Waals surface area contributed by atoms with Gasteiger partial charge in [0.15, 0.2) is 0 Å². The summed E-state index contributed by atoms with van der Waals surface area (Å²) in [6.07, 6.45) is 1.93. The highest BCUT2D eigenvalue weighted by atomic mass is 35.5. The van der Waals surface area contributed by atoms with Gasteiger partial charge in [-0.1, -0.05) is 11.6 Å². The molecule has 0 spiro atoms. The lowest BCUT2D eigenvalue weighted by Crippen LogP contribution is -1.99. The average molecular weight is 249 g/mol. The first-order valence-electron chi connectivity index (χ1n) is 3.48. The van der Waals surface area contributed by atoms with E-state index in [9.17, 15) is 4.79 Å². The van der Waals surface area contributed by atoms with Crippen molar-refractivity contribution in [2.24, 2.45) is 0 Å². The average Bonchev–Trinajstić information content (AvgIpc) is 2.59. The minimum atomic E-state index is -0.0326. The Kier molecular flexibility index (Phi) is 2.65. The van der Waals surface area contributed by atoms with E-state index in [0.717, 1.165) is 13.6 Å². The van der Waals surface area contributed by atoms with Crippen molar-refractivity contribution in [3.8, 4) is 0 Å². The summed E-state index contributed by atoms with van der Waals surface area (Å²) >= 11 is 10.5. The quantitative estimate of drug-likeness (QED) is 0.716. The van der Waals surface area contributed by atoms with Crippen molar-refractivity contribution in [3.63, 3.8) is 0 Å². The van der Waals surface area contributed by atoms with E-state index in [0.29, 0.717) is 5.02 Å². The standard InChI is InChI=1S/C8H5ClOS3/c1-11-8-5(9)6(10)7-4(13-8)2-3-12-7/h2-3H,1H3. The van der Waals surface area contributed by atoms with Crippen molar-refractivity contribution >= 4 is 55.4 Å². The van der Waals surface area contributed by atoms with Crippen LogP contribution in [0.2, 0.25) is 5.02 Å². The molecule has 0 bridgehead atoms. The van der Waals surface area contributed by atoms with Crippen molar-refractivity contribution in [1.29, 1.82) is 0 Å². The Morgan fingerprint density at radius 2 is 2.31 bits per heavy atom. The van der Waals surface area contributed by atoms with Crippen LogP contribution < -0.4 is 5.43 Å². The first-order valence-corrected chi connectivity index (χ1v) is 6.77. The molecule has 0 aliphatic heterocycles. The van der Waals surface area contributed by atoms with Crippen LogP contribution in [0.3, 0.4) is 0 Å². The zero-order valence-corrected chi connectivity index (χ0v) is 9.87. The lowest BCUT2D eigenvalue weighted by molar-refractivity contribution is 1.62. The van der Waals surface area contributed by atoms with Gasteiger partial charge in [0.2, 0.25) is 5.43 Å². The van der Waals surface area contributed by atoms with Crippen LogP contribution in [0.4, 0.5) is 0 Å². The summed E-state index contributed by atoms with van der Waals surface area (Å²) in [5.41, 5.74) is -0.0326. The van der Waals surface area contributed by atoms with Gasteiger partial charge in [0, 0.05) is 0 Å². The van der Waals surface area contributed by atoms with Gasteiger partial charge in [-0.05, 0) is 17.7 Å². The molecule has 0 saturated heterocycles. The molecule has 2 aromatic rings. The number of hydrogen-bond acceptors (Lipinski definition) is 4. The minimum absolute atomic E-state index is 0.0326. The summed E-state index contributed by atoms with van der Waals surface area (Å²) in [5, 5.41) is 2.29. The van der Waals surface area contributed by atoms with E-state index >= 15 is 0 Å². The van der Waals surface area contributed by atoms with Gasteiger partial charge in [0.1, 0.15) is 5.02 Å². The van der Waals surface area contributed by atoms with Gasteiger partial charge in [-0.25, -0.2) is 0 Å². The lowest BCUT2D eigenvalue weighted by Gasteiger charge is -1.97. The van der Waals surface area contributed by atoms with Crippen LogP contribution in [-0.2, 0) is 0 Å². The molecular weight excluding hydrogens is 244 g/mol. The number of hydrogen-bond donors (Lipinski definition) is 0. The predicted molar refractivity (Wildman–Crippen MR) is 62.8 cm³/mol. The molecule has 2 aromatic heterocycles. The zero-order chi connectivity index (χ0) is 9.42. The third-order valence-electron chi connectivity index (χ3n) is 1.60. The fourth-order valence-electron chi connectivity index (χ4n) is 1.01. The highest BCUT2D eigenvalue weighted by Gasteiger charge is 2.10. The fourth-order valence-corrected chi connectivity index (χ4v) is 4.18. The smallest absolute Gasteiger partial charge is 0.217 e. The molecule has 0 radical (unpaired) electrons. The zero-order valence-electron chi connectivity index (χ0n) is 6.67. The maximum Gasteiger partial charge on any atom is 0.217 e. The monoisotopic (exact) mass is 248 g/mol. The highest BCUT2D eigenvalue weighted by Crippen LogP contribution is 2.33. The predicted octanol–water partition coefficient (Wildman–Crippen LogP) is 3.70. The van der Waals surface area contributed by atoms with Crippen molar-refractivity contribution in [2.45, 2.75) is 4.21 Å². The fraction of sp³-hybridized carbons (Fsp3) is 0.125. The van der Waals surface area contributed by atoms with Crippen LogP contribution in [0.5, 0.6) is 0 Å². The van der Waals surface area contributed by atoms with Gasteiger partial charge in [-0.2, -0.15) is 0 Å². The van der Waals surface area contributed by atoms with E-state index in [1.807, 2.05) is 17.7 Å². The molecule has 0 fully saturated rings. The van der Waals surface area contributed by atoms with Crippen LogP contribution in [0.15, 0.2) is 20.5 Å². The van der Waals surface area contributed by atoms with Gasteiger partial charge >= 0.3 is 0 Å². The van der Waals surface area contributed by atoms with Crippen LogP contribution >= 0.6 is 46.0 Å². The molecule has 0 aromatic carbocycles. The SMILES string of the molecule is CSc1sc2ccsc2c(=O)c1Cl. The topological polar surface area (TPSA) is 17.1 Å². The summed E-state index contributed by atoms with van der Waals surface area (Å²) in [4.78, 5) is 11.6. The number of thiophene rings is 1. The van der Waals surface area contributed by atoms with Gasteiger partial charge in [-0.3, -0.25) is 4.79 Å². The van der Waals surface area contributed by atoms with Crippen molar-refractivity contribution in [1.82, 2.24) is 0 Å². The van der Waals surface area contributed by atoms with Gasteiger partial charge in [0.05, 0.1) is 13.6 Å². The van der Waals surface area contributed by atoms with Crippen molar-refractivity contribution < 1.29 is 0 Å². The Balaban J connectivity index is 2.92. The molecule has 68 valence electrons. The summed E-state index contributed by atoms with van der Waals surface area (Å²) < 4.78 is 2.70. The van der Waals surface area contributed by atoms with Crippen LogP contribution in [0.25, 0.3) is 9.40 Å². The highest BCUT2D eigenvalue weighted by molar-refractivity contribution is 8.00. The van der Waals surface area contributed by atoms with E-state index < -0.39 is 0 Å². The molecule has 0 aliphatic carbocycles. The maximum absolute atomic E-state index is 11.6. The third kappa shape index (κ3) is 1.52. The van der Waals surface area contributed by atoms with E-state index in [1.54, 1.807) is 11.3 Å². The Morgan fingerprint density at radius 1 is 1.54 bits per heavy atom. The normalized spacial score (nSPS) is 10.9. The molecule has 0 unspecified atom stereocenters. The van der Waals surface area contributed by atoms with Gasteiger partial charge < -0.3 is 0 Å². The summed E-state index contributed by atoms with van der Waals surface area (Å²) in [6.45, 7) is 0. The molecule has 2 heterocycles. The van der Waals surface area contributed by atoms with Crippen molar-refractivity contribution in [3.05, 3.63) is 26.7 Å². The molecule has 0 amide bonds. The Bertz CT molecular complexity index is 500. The third-order valence-corrected chi connectivity index (χ3v) is 5.50. The number of thioether (sulfide) groups is 1. The molecule has 0 aliphatic rings. The molecule has 13 heavy (non-hydrogen) atoms. The first-order chi connectivity index (χ1) is 6.24. The number of fused-ring (bicyclic) bond motifs is 1. The molecule has 0 N–H and O–H groups in total. The van der Waals surface area contributed by atoms with E-state index in [2.05, 4.69) is 0 Å². The van der Waals surface area contributed by atoms with Crippen molar-refractivity contribution in [2.75, 3.05) is 6.26 Å². The lowest BCUT2D eigenvalue weighted by atomic mass is 10.5. The minimum Gasteiger partial charge on any atom is -0.287 e. The van der Waals surface area contributed by atoms with Gasteiger partial charge in [0.25, 0.3) is 0 Å². The molecule has 0 saturated carbocycles. The second-order valence-electron chi connectivity index (χ2n) is 2.35. The van der Waals surface area contributed by atoms with Crippen LogP contribution in [0.1, 0.15) is 0 Å². The van der Waals surface area contributed by atoms with Gasteiger partial charge in [-0.15, -0.1) is 34.4 Å². The first kappa shape index (κ1) is 9.52. The number of rotatable bonds is 1. The summed E-state index contributed by atoms with van der Waals surface area (Å²) in [5.74, 6) is 0. The molecular formula is C8H5ClOS3. The second-order valence-corrected chi connectivity index (χ2v) is 5.77. The summed E-state index contributed by atoms with van der Waals surface area (Å²) in [6, 6.07) is 1.96. The molecule has 1 nitrogen and oxygen atoms in total. The van der Waals surface area contributed by atoms with Crippen LogP contribution in [-0.4, -0.2) is 6.26 Å². The van der Waals surface area contributed by atoms with E-state index in [4.69, 9.17) is 11.6 Å². The maximum atomic E-state index is 11.6. The molecule has 5 heteroatoms. The summed E-state index contributed by atoms with van der Waals surface area (Å²) in [7, 11) is 0. The molecule has 0 atom stereocenters. The number of halogens is 1. The molecule has 2 rings (SSSR count).